The molecule has 4 rings (SSSR count). The first-order chi connectivity index (χ1) is 21.3. The van der Waals surface area contributed by atoms with E-state index in [0.717, 1.165) is 63.4 Å². The highest BCUT2D eigenvalue weighted by atomic mass is 16.2. The minimum absolute atomic E-state index is 0.0902. The summed E-state index contributed by atoms with van der Waals surface area (Å²) in [6, 6.07) is 7.05. The van der Waals surface area contributed by atoms with Crippen LogP contribution in [0.5, 0.6) is 0 Å². The number of rotatable bonds is 12. The van der Waals surface area contributed by atoms with E-state index in [1.807, 2.05) is 45.9 Å². The summed E-state index contributed by atoms with van der Waals surface area (Å²) in [4.78, 5) is 67.7. The molecule has 0 aromatic heterocycles. The molecule has 1 aromatic carbocycles. The molecule has 5 amide bonds. The van der Waals surface area contributed by atoms with Gasteiger partial charge in [-0.15, -0.1) is 0 Å². The van der Waals surface area contributed by atoms with E-state index < -0.39 is 46.7 Å². The molecule has 45 heavy (non-hydrogen) atoms. The summed E-state index contributed by atoms with van der Waals surface area (Å²) in [6.07, 6.45) is 10.1. The average molecular weight is 624 g/mol. The molecule has 1 heterocycles. The summed E-state index contributed by atoms with van der Waals surface area (Å²) in [6.45, 7) is 8.10. The maximum Gasteiger partial charge on any atom is 0.315 e. The Morgan fingerprint density at radius 2 is 1.62 bits per heavy atom. The standard InChI is InChI=1S/C35H53N5O5/c1-5-23-20-27(31(43)37-26(28(41)30(36)42)19-24-15-12-16-24)40(22-23)32(44)29(34(2,3)4)38-33(45)39-35(17-10-7-11-18-35)21-25-13-8-6-9-14-25/h6,8-9,13-14,23-24,26-27,29H,5,7,10-12,15-22H2,1-4H3,(H2,36,42)(H,37,43)(H2,38,39,45)/t23-,26?,27?,29?/m1/s1. The monoisotopic (exact) mass is 623 g/mol. The smallest absolute Gasteiger partial charge is 0.315 e. The molecule has 2 aliphatic carbocycles. The van der Waals surface area contributed by atoms with Crippen molar-refractivity contribution in [2.24, 2.45) is 23.0 Å². The quantitative estimate of drug-likeness (QED) is 0.260. The van der Waals surface area contributed by atoms with Crippen LogP contribution in [0.1, 0.15) is 104 Å². The molecule has 0 bridgehead atoms. The molecule has 10 nitrogen and oxygen atoms in total. The highest BCUT2D eigenvalue weighted by Gasteiger charge is 2.46. The summed E-state index contributed by atoms with van der Waals surface area (Å²) in [5, 5.41) is 9.08. The number of nitrogens with one attached hydrogen (secondary N) is 3. The summed E-state index contributed by atoms with van der Waals surface area (Å²) < 4.78 is 0. The fourth-order valence-corrected chi connectivity index (χ4v) is 7.23. The van der Waals surface area contributed by atoms with Gasteiger partial charge < -0.3 is 26.6 Å². The van der Waals surface area contributed by atoms with Gasteiger partial charge in [0.15, 0.2) is 0 Å². The Balaban J connectivity index is 1.50. The Morgan fingerprint density at radius 3 is 2.18 bits per heavy atom. The van der Waals surface area contributed by atoms with Gasteiger partial charge in [0.05, 0.1) is 6.04 Å². The fraction of sp³-hybridized carbons (Fsp3) is 0.686. The lowest BCUT2D eigenvalue weighted by Crippen LogP contribution is -2.62. The number of benzene rings is 1. The minimum Gasteiger partial charge on any atom is -0.363 e. The van der Waals surface area contributed by atoms with E-state index in [9.17, 15) is 24.0 Å². The van der Waals surface area contributed by atoms with Crippen LogP contribution in [-0.2, 0) is 25.6 Å². The van der Waals surface area contributed by atoms with Crippen molar-refractivity contribution in [2.45, 2.75) is 128 Å². The molecular formula is C35H53N5O5. The van der Waals surface area contributed by atoms with E-state index >= 15 is 0 Å². The molecular weight excluding hydrogens is 570 g/mol. The van der Waals surface area contributed by atoms with Gasteiger partial charge in [-0.25, -0.2) is 4.79 Å². The van der Waals surface area contributed by atoms with Gasteiger partial charge >= 0.3 is 6.03 Å². The normalized spacial score (nSPS) is 22.9. The SMILES string of the molecule is CC[C@@H]1CC(C(=O)NC(CC2CCC2)C(=O)C(N)=O)N(C(=O)C(NC(=O)NC2(Cc3ccccc3)CCCCC2)C(C)(C)C)C1. The number of amides is 5. The van der Waals surface area contributed by atoms with Crippen molar-refractivity contribution in [3.8, 4) is 0 Å². The summed E-state index contributed by atoms with van der Waals surface area (Å²) in [7, 11) is 0. The van der Waals surface area contributed by atoms with Crippen molar-refractivity contribution >= 4 is 29.5 Å². The summed E-state index contributed by atoms with van der Waals surface area (Å²) in [5.41, 5.74) is 5.43. The lowest BCUT2D eigenvalue weighted by atomic mass is 9.77. The van der Waals surface area contributed by atoms with Crippen molar-refractivity contribution < 1.29 is 24.0 Å². The molecule has 1 aromatic rings. The number of carbonyl (C=O) groups excluding carboxylic acids is 5. The number of Topliss-reactive ketones (excluding diaryl/α,β-unsaturated/α-hetero) is 1. The highest BCUT2D eigenvalue weighted by Crippen LogP contribution is 2.34. The number of urea groups is 1. The molecule has 2 saturated carbocycles. The fourth-order valence-electron chi connectivity index (χ4n) is 7.23. The number of carbonyl (C=O) groups is 5. The van der Waals surface area contributed by atoms with Crippen molar-refractivity contribution in [3.05, 3.63) is 35.9 Å². The Hall–Kier alpha value is -3.43. The van der Waals surface area contributed by atoms with Crippen molar-refractivity contribution in [1.82, 2.24) is 20.9 Å². The second-order valence-corrected chi connectivity index (χ2v) is 14.7. The number of likely N-dealkylation sites (tertiary alicyclic amines) is 1. The van der Waals surface area contributed by atoms with Crippen LogP contribution in [0.2, 0.25) is 0 Å². The van der Waals surface area contributed by atoms with Crippen LogP contribution in [0.25, 0.3) is 0 Å². The largest absolute Gasteiger partial charge is 0.363 e. The maximum atomic E-state index is 14.3. The number of nitrogens with two attached hydrogens (primary N) is 1. The van der Waals surface area contributed by atoms with E-state index in [1.165, 1.54) is 0 Å². The van der Waals surface area contributed by atoms with Crippen LogP contribution in [0.4, 0.5) is 4.79 Å². The minimum atomic E-state index is -1.07. The van der Waals surface area contributed by atoms with Gasteiger partial charge in [0, 0.05) is 12.1 Å². The predicted octanol–water partition coefficient (Wildman–Crippen LogP) is 4.00. The number of primary amides is 1. The molecule has 3 unspecified atom stereocenters. The zero-order valence-corrected chi connectivity index (χ0v) is 27.5. The van der Waals surface area contributed by atoms with E-state index in [1.54, 1.807) is 4.90 Å². The molecule has 3 fully saturated rings. The molecule has 0 spiro atoms. The average Bonchev–Trinajstić information content (AvgIpc) is 3.41. The molecule has 0 radical (unpaired) electrons. The van der Waals surface area contributed by atoms with E-state index in [0.29, 0.717) is 25.8 Å². The van der Waals surface area contributed by atoms with Crippen LogP contribution in [-0.4, -0.2) is 64.6 Å². The molecule has 248 valence electrons. The van der Waals surface area contributed by atoms with E-state index in [-0.39, 0.29) is 23.8 Å². The van der Waals surface area contributed by atoms with Gasteiger partial charge in [-0.3, -0.25) is 19.2 Å². The lowest BCUT2D eigenvalue weighted by Gasteiger charge is -2.40. The van der Waals surface area contributed by atoms with Gasteiger partial charge in [0.2, 0.25) is 17.6 Å². The molecule has 10 heteroatoms. The highest BCUT2D eigenvalue weighted by molar-refractivity contribution is 6.37. The van der Waals surface area contributed by atoms with Crippen LogP contribution >= 0.6 is 0 Å². The Bertz CT molecular complexity index is 1220. The van der Waals surface area contributed by atoms with Gasteiger partial charge in [-0.05, 0) is 54.9 Å². The van der Waals surface area contributed by atoms with Crippen LogP contribution in [0.3, 0.4) is 0 Å². The van der Waals surface area contributed by atoms with Crippen LogP contribution in [0, 0.1) is 17.3 Å². The topological polar surface area (TPSA) is 151 Å². The first-order valence-corrected chi connectivity index (χ1v) is 16.9. The second kappa shape index (κ2) is 14.8. The maximum absolute atomic E-state index is 14.3. The Morgan fingerprint density at radius 1 is 0.956 bits per heavy atom. The third kappa shape index (κ3) is 8.85. The first kappa shape index (κ1) is 34.4. The van der Waals surface area contributed by atoms with Crippen LogP contribution in [0.15, 0.2) is 30.3 Å². The third-order valence-electron chi connectivity index (χ3n) is 10.2. The van der Waals surface area contributed by atoms with Gasteiger partial charge in [0.1, 0.15) is 12.1 Å². The summed E-state index contributed by atoms with van der Waals surface area (Å²) in [5.74, 6) is -2.32. The number of nitrogens with zero attached hydrogens (tertiary/aromatic N) is 1. The molecule has 3 aliphatic rings. The van der Waals surface area contributed by atoms with Crippen molar-refractivity contribution in [2.75, 3.05) is 6.54 Å². The Kier molecular flexibility index (Phi) is 11.3. The van der Waals surface area contributed by atoms with E-state index in [2.05, 4.69) is 28.1 Å². The number of hydrogen-bond donors (Lipinski definition) is 4. The van der Waals surface area contributed by atoms with E-state index in [4.69, 9.17) is 5.73 Å². The second-order valence-electron chi connectivity index (χ2n) is 14.7. The van der Waals surface area contributed by atoms with Crippen molar-refractivity contribution in [1.29, 1.82) is 0 Å². The molecule has 4 atom stereocenters. The van der Waals surface area contributed by atoms with Gasteiger partial charge in [-0.2, -0.15) is 0 Å². The number of hydrogen-bond acceptors (Lipinski definition) is 5. The Labute approximate surface area is 268 Å². The molecule has 1 saturated heterocycles. The lowest BCUT2D eigenvalue weighted by molar-refractivity contribution is -0.143. The van der Waals surface area contributed by atoms with Gasteiger partial charge in [0.25, 0.3) is 5.91 Å². The number of ketones is 1. The third-order valence-corrected chi connectivity index (χ3v) is 10.2. The van der Waals surface area contributed by atoms with Gasteiger partial charge in [-0.1, -0.05) is 103 Å². The van der Waals surface area contributed by atoms with Crippen LogP contribution < -0.4 is 21.7 Å². The van der Waals surface area contributed by atoms with Crippen molar-refractivity contribution in [3.63, 3.8) is 0 Å². The molecule has 1 aliphatic heterocycles. The first-order valence-electron chi connectivity index (χ1n) is 16.9. The predicted molar refractivity (Wildman–Crippen MR) is 173 cm³/mol. The summed E-state index contributed by atoms with van der Waals surface area (Å²) >= 11 is 0. The zero-order chi connectivity index (χ0) is 32.8. The molecule has 5 N–H and O–H groups in total. The zero-order valence-electron chi connectivity index (χ0n) is 27.5.